The quantitative estimate of drug-likeness (QED) is 0.575. The smallest absolute Gasteiger partial charge is 0.305 e. The average Bonchev–Trinajstić information content (AvgIpc) is 2.54. The second-order valence-corrected chi connectivity index (χ2v) is 4.58. The molecule has 1 aliphatic rings. The lowest BCUT2D eigenvalue weighted by molar-refractivity contribution is -0.199. The van der Waals surface area contributed by atoms with Crippen LogP contribution in [0.1, 0.15) is 41.0 Å². The van der Waals surface area contributed by atoms with Crippen molar-refractivity contribution in [2.75, 3.05) is 0 Å². The van der Waals surface area contributed by atoms with Crippen LogP contribution in [0, 0.1) is 17.8 Å². The van der Waals surface area contributed by atoms with Gasteiger partial charge in [0.2, 0.25) is 6.29 Å². The summed E-state index contributed by atoms with van der Waals surface area (Å²) in [6, 6.07) is 0. The number of esters is 2. The van der Waals surface area contributed by atoms with E-state index in [0.29, 0.717) is 6.42 Å². The Bertz CT molecular complexity index is 419. The molecule has 0 aromatic heterocycles. The summed E-state index contributed by atoms with van der Waals surface area (Å²) in [5.74, 6) is 4.73. The zero-order valence-corrected chi connectivity index (χ0v) is 12.0. The van der Waals surface area contributed by atoms with Gasteiger partial charge in [-0.05, 0) is 13.3 Å². The van der Waals surface area contributed by atoms with Gasteiger partial charge in [0, 0.05) is 19.8 Å². The summed E-state index contributed by atoms with van der Waals surface area (Å²) < 4.78 is 16.1. The maximum atomic E-state index is 11.2. The molecule has 0 aromatic carbocycles. The van der Waals surface area contributed by atoms with E-state index in [4.69, 9.17) is 14.2 Å². The van der Waals surface area contributed by atoms with Gasteiger partial charge in [0.25, 0.3) is 0 Å². The highest BCUT2D eigenvalue weighted by Crippen LogP contribution is 2.40. The summed E-state index contributed by atoms with van der Waals surface area (Å²) >= 11 is 0. The Morgan fingerprint density at radius 2 is 1.84 bits per heavy atom. The number of carbonyl (C=O) groups excluding carboxylic acids is 2. The molecule has 1 unspecified atom stereocenters. The molecule has 0 bridgehead atoms. The van der Waals surface area contributed by atoms with E-state index in [2.05, 4.69) is 11.8 Å². The van der Waals surface area contributed by atoms with Crippen molar-refractivity contribution in [2.24, 2.45) is 5.92 Å². The van der Waals surface area contributed by atoms with Gasteiger partial charge in [0.1, 0.15) is 5.60 Å². The van der Waals surface area contributed by atoms with Gasteiger partial charge in [-0.3, -0.25) is 9.59 Å². The van der Waals surface area contributed by atoms with E-state index in [9.17, 15) is 9.59 Å². The van der Waals surface area contributed by atoms with Crippen LogP contribution in [0.3, 0.4) is 0 Å². The third-order valence-electron chi connectivity index (χ3n) is 3.27. The van der Waals surface area contributed by atoms with Crippen LogP contribution in [0.15, 0.2) is 0 Å². The van der Waals surface area contributed by atoms with Gasteiger partial charge >= 0.3 is 11.9 Å². The van der Waals surface area contributed by atoms with Crippen LogP contribution in [0.2, 0.25) is 0 Å². The molecule has 4 atom stereocenters. The summed E-state index contributed by atoms with van der Waals surface area (Å²) in [6.07, 6.45) is -0.927. The predicted molar refractivity (Wildman–Crippen MR) is 67.8 cm³/mol. The molecule has 106 valence electrons. The second-order valence-electron chi connectivity index (χ2n) is 4.58. The molecular weight excluding hydrogens is 248 g/mol. The lowest BCUT2D eigenvalue weighted by Gasteiger charge is -2.25. The first kappa shape index (κ1) is 15.5. The molecular formula is C14H20O5. The molecule has 0 saturated carbocycles. The van der Waals surface area contributed by atoms with E-state index in [-0.39, 0.29) is 5.92 Å². The van der Waals surface area contributed by atoms with E-state index in [1.165, 1.54) is 13.8 Å². The molecule has 0 spiro atoms. The SMILES string of the molecule is CC#C[C@]1(CC)OC(OC(C)=O)[C@H](OC(C)=O)[C@@H]1C. The Balaban J connectivity index is 3.05. The number of ether oxygens (including phenoxy) is 3. The van der Waals surface area contributed by atoms with Crippen LogP contribution in [0.5, 0.6) is 0 Å². The lowest BCUT2D eigenvalue weighted by Crippen LogP contribution is -2.36. The fourth-order valence-corrected chi connectivity index (χ4v) is 2.34. The Morgan fingerprint density at radius 1 is 1.26 bits per heavy atom. The highest BCUT2D eigenvalue weighted by molar-refractivity contribution is 5.67. The molecule has 1 aliphatic heterocycles. The fourth-order valence-electron chi connectivity index (χ4n) is 2.34. The lowest BCUT2D eigenvalue weighted by atomic mass is 9.85. The third-order valence-corrected chi connectivity index (χ3v) is 3.27. The van der Waals surface area contributed by atoms with Crippen LogP contribution >= 0.6 is 0 Å². The minimum Gasteiger partial charge on any atom is -0.455 e. The van der Waals surface area contributed by atoms with Crippen molar-refractivity contribution in [3.63, 3.8) is 0 Å². The van der Waals surface area contributed by atoms with Crippen molar-refractivity contribution >= 4 is 11.9 Å². The molecule has 1 rings (SSSR count). The topological polar surface area (TPSA) is 61.8 Å². The standard InChI is InChI=1S/C14H20O5/c1-6-8-14(7-2)9(3)12(17-10(4)15)13(19-14)18-11(5)16/h9,12-13H,7H2,1-5H3/t9-,12+,13?,14-/m0/s1. The van der Waals surface area contributed by atoms with Gasteiger partial charge < -0.3 is 14.2 Å². The van der Waals surface area contributed by atoms with Crippen molar-refractivity contribution in [3.8, 4) is 11.8 Å². The minimum atomic E-state index is -0.905. The fraction of sp³-hybridized carbons (Fsp3) is 0.714. The summed E-state index contributed by atoms with van der Waals surface area (Å²) in [4.78, 5) is 22.3. The van der Waals surface area contributed by atoms with Crippen LogP contribution in [-0.2, 0) is 23.8 Å². The highest BCUT2D eigenvalue weighted by atomic mass is 16.7. The average molecular weight is 268 g/mol. The van der Waals surface area contributed by atoms with E-state index in [1.54, 1.807) is 6.92 Å². The molecule has 5 nitrogen and oxygen atoms in total. The Morgan fingerprint density at radius 3 is 2.26 bits per heavy atom. The Kier molecular flexibility index (Phi) is 4.96. The van der Waals surface area contributed by atoms with Crippen molar-refractivity contribution in [1.29, 1.82) is 0 Å². The van der Waals surface area contributed by atoms with Crippen LogP contribution in [-0.4, -0.2) is 29.9 Å². The maximum absolute atomic E-state index is 11.2. The largest absolute Gasteiger partial charge is 0.455 e. The van der Waals surface area contributed by atoms with E-state index < -0.39 is 29.9 Å². The number of hydrogen-bond acceptors (Lipinski definition) is 5. The molecule has 0 N–H and O–H groups in total. The van der Waals surface area contributed by atoms with Gasteiger partial charge in [-0.2, -0.15) is 0 Å². The summed E-state index contributed by atoms with van der Waals surface area (Å²) in [7, 11) is 0. The van der Waals surface area contributed by atoms with E-state index in [1.807, 2.05) is 13.8 Å². The molecule has 1 fully saturated rings. The zero-order chi connectivity index (χ0) is 14.6. The molecule has 1 saturated heterocycles. The third kappa shape index (κ3) is 3.27. The van der Waals surface area contributed by atoms with Crippen molar-refractivity contribution in [2.45, 2.75) is 59.0 Å². The van der Waals surface area contributed by atoms with Crippen LogP contribution < -0.4 is 0 Å². The number of carbonyl (C=O) groups is 2. The van der Waals surface area contributed by atoms with Crippen molar-refractivity contribution in [1.82, 2.24) is 0 Å². The molecule has 5 heteroatoms. The molecule has 0 radical (unpaired) electrons. The summed E-state index contributed by atoms with van der Waals surface area (Å²) in [5, 5.41) is 0. The van der Waals surface area contributed by atoms with Gasteiger partial charge in [-0.25, -0.2) is 0 Å². The monoisotopic (exact) mass is 268 g/mol. The summed E-state index contributed by atoms with van der Waals surface area (Å²) in [5.41, 5.74) is -0.755. The minimum absolute atomic E-state index is 0.182. The van der Waals surface area contributed by atoms with Gasteiger partial charge in [-0.1, -0.05) is 19.8 Å². The van der Waals surface area contributed by atoms with Gasteiger partial charge in [0.05, 0.1) is 0 Å². The molecule has 1 heterocycles. The first-order valence-electron chi connectivity index (χ1n) is 6.32. The highest BCUT2D eigenvalue weighted by Gasteiger charge is 2.54. The van der Waals surface area contributed by atoms with Gasteiger partial charge in [-0.15, -0.1) is 5.92 Å². The Hall–Kier alpha value is -1.54. The number of hydrogen-bond donors (Lipinski definition) is 0. The first-order chi connectivity index (χ1) is 8.86. The number of rotatable bonds is 3. The van der Waals surface area contributed by atoms with E-state index in [0.717, 1.165) is 0 Å². The normalized spacial score (nSPS) is 33.2. The molecule has 0 aliphatic carbocycles. The van der Waals surface area contributed by atoms with Gasteiger partial charge in [0.15, 0.2) is 6.10 Å². The van der Waals surface area contributed by atoms with E-state index >= 15 is 0 Å². The first-order valence-corrected chi connectivity index (χ1v) is 6.32. The maximum Gasteiger partial charge on any atom is 0.305 e. The van der Waals surface area contributed by atoms with Crippen LogP contribution in [0.25, 0.3) is 0 Å². The Labute approximate surface area is 113 Å². The molecule has 0 aromatic rings. The zero-order valence-electron chi connectivity index (χ0n) is 12.0. The summed E-state index contributed by atoms with van der Waals surface area (Å²) in [6.45, 7) is 8.13. The second kappa shape index (κ2) is 6.07. The molecule has 0 amide bonds. The van der Waals surface area contributed by atoms with Crippen molar-refractivity contribution < 1.29 is 23.8 Å². The predicted octanol–water partition coefficient (Wildman–Crippen LogP) is 1.65. The molecule has 19 heavy (non-hydrogen) atoms. The van der Waals surface area contributed by atoms with Crippen LogP contribution in [0.4, 0.5) is 0 Å². The van der Waals surface area contributed by atoms with Crippen molar-refractivity contribution in [3.05, 3.63) is 0 Å².